The van der Waals surface area contributed by atoms with Gasteiger partial charge in [-0.25, -0.2) is 4.79 Å². The Morgan fingerprint density at radius 3 is 3.00 bits per heavy atom. The number of epoxide rings is 1. The van der Waals surface area contributed by atoms with Crippen LogP contribution in [0.5, 0.6) is 0 Å². The monoisotopic (exact) mass is 223 g/mol. The molecule has 1 unspecified atom stereocenters. The fourth-order valence-corrected chi connectivity index (χ4v) is 1.16. The molecule has 1 fully saturated rings. The second-order valence-corrected chi connectivity index (χ2v) is 3.36. The van der Waals surface area contributed by atoms with Gasteiger partial charge in [-0.2, -0.15) is 0 Å². The number of esters is 1. The fraction of sp³-hybridized carbons (Fsp3) is 0.300. The molecule has 1 saturated heterocycles. The predicted molar refractivity (Wildman–Crippen MR) is 53.1 cm³/mol. The van der Waals surface area contributed by atoms with E-state index in [1.165, 1.54) is 24.3 Å². The maximum atomic E-state index is 11.5. The minimum Gasteiger partial charge on any atom is -0.459 e. The van der Waals surface area contributed by atoms with E-state index in [-0.39, 0.29) is 24.0 Å². The minimum atomic E-state index is -0.570. The Hall–Kier alpha value is -1.95. The van der Waals surface area contributed by atoms with Crippen LogP contribution in [0.15, 0.2) is 24.3 Å². The van der Waals surface area contributed by atoms with E-state index in [2.05, 4.69) is 0 Å². The van der Waals surface area contributed by atoms with Gasteiger partial charge < -0.3 is 9.47 Å². The van der Waals surface area contributed by atoms with Crippen LogP contribution in [0, 0.1) is 10.1 Å². The highest BCUT2D eigenvalue weighted by molar-refractivity contribution is 5.90. The molecule has 0 saturated carbocycles. The van der Waals surface area contributed by atoms with Crippen molar-refractivity contribution in [2.45, 2.75) is 6.10 Å². The zero-order valence-corrected chi connectivity index (χ0v) is 8.29. The molecule has 0 spiro atoms. The first-order valence-corrected chi connectivity index (χ1v) is 4.70. The molecule has 0 aromatic heterocycles. The smallest absolute Gasteiger partial charge is 0.338 e. The molecule has 0 bridgehead atoms. The Morgan fingerprint density at radius 2 is 2.38 bits per heavy atom. The van der Waals surface area contributed by atoms with Gasteiger partial charge in [0, 0.05) is 12.1 Å². The van der Waals surface area contributed by atoms with Crippen LogP contribution in [0.2, 0.25) is 0 Å². The Bertz CT molecular complexity index is 427. The second kappa shape index (κ2) is 4.28. The Balaban J connectivity index is 2.03. The predicted octanol–water partition coefficient (Wildman–Crippen LogP) is 1.15. The number of hydrogen-bond donors (Lipinski definition) is 0. The number of nitro groups is 1. The third kappa shape index (κ3) is 2.54. The number of carbonyl (C=O) groups excluding carboxylic acids is 1. The first-order valence-electron chi connectivity index (χ1n) is 4.70. The largest absolute Gasteiger partial charge is 0.459 e. The molecule has 1 aliphatic heterocycles. The van der Waals surface area contributed by atoms with Gasteiger partial charge in [0.1, 0.15) is 12.7 Å². The van der Waals surface area contributed by atoms with Gasteiger partial charge in [0.25, 0.3) is 5.69 Å². The van der Waals surface area contributed by atoms with E-state index in [0.717, 1.165) is 0 Å². The molecule has 0 radical (unpaired) electrons. The molecular formula is C10H9NO5. The van der Waals surface area contributed by atoms with Crippen LogP contribution in [0.25, 0.3) is 0 Å². The summed E-state index contributed by atoms with van der Waals surface area (Å²) < 4.78 is 9.77. The van der Waals surface area contributed by atoms with Crippen molar-refractivity contribution < 1.29 is 19.2 Å². The highest BCUT2D eigenvalue weighted by Gasteiger charge is 2.24. The first-order chi connectivity index (χ1) is 7.66. The Kier molecular flexibility index (Phi) is 2.82. The zero-order chi connectivity index (χ0) is 11.5. The molecule has 0 amide bonds. The van der Waals surface area contributed by atoms with E-state index in [1.54, 1.807) is 0 Å². The van der Waals surface area contributed by atoms with Crippen molar-refractivity contribution in [1.29, 1.82) is 0 Å². The van der Waals surface area contributed by atoms with Crippen LogP contribution < -0.4 is 0 Å². The summed E-state index contributed by atoms with van der Waals surface area (Å²) in [6.45, 7) is 0.795. The van der Waals surface area contributed by atoms with E-state index in [1.807, 2.05) is 0 Å². The Labute approximate surface area is 90.9 Å². The lowest BCUT2D eigenvalue weighted by molar-refractivity contribution is -0.384. The molecule has 2 rings (SSSR count). The van der Waals surface area contributed by atoms with Crippen LogP contribution in [0.4, 0.5) is 5.69 Å². The summed E-state index contributed by atoms with van der Waals surface area (Å²) in [5.41, 5.74) is 0.0481. The van der Waals surface area contributed by atoms with Gasteiger partial charge in [-0.05, 0) is 6.07 Å². The van der Waals surface area contributed by atoms with E-state index >= 15 is 0 Å². The second-order valence-electron chi connectivity index (χ2n) is 3.36. The van der Waals surface area contributed by atoms with Crippen molar-refractivity contribution >= 4 is 11.7 Å². The van der Waals surface area contributed by atoms with Gasteiger partial charge >= 0.3 is 5.97 Å². The van der Waals surface area contributed by atoms with Crippen molar-refractivity contribution in [3.05, 3.63) is 39.9 Å². The van der Waals surface area contributed by atoms with Gasteiger partial charge in [-0.3, -0.25) is 10.1 Å². The van der Waals surface area contributed by atoms with Crippen LogP contribution in [-0.2, 0) is 9.47 Å². The van der Waals surface area contributed by atoms with Crippen molar-refractivity contribution in [3.8, 4) is 0 Å². The van der Waals surface area contributed by atoms with E-state index < -0.39 is 10.9 Å². The molecule has 1 heterocycles. The zero-order valence-electron chi connectivity index (χ0n) is 8.29. The van der Waals surface area contributed by atoms with Crippen molar-refractivity contribution in [2.75, 3.05) is 13.2 Å². The summed E-state index contributed by atoms with van der Waals surface area (Å²) >= 11 is 0. The van der Waals surface area contributed by atoms with E-state index in [0.29, 0.717) is 6.61 Å². The highest BCUT2D eigenvalue weighted by Crippen LogP contribution is 2.15. The summed E-state index contributed by atoms with van der Waals surface area (Å²) in [5.74, 6) is -0.570. The number of nitro benzene ring substituents is 1. The first kappa shape index (κ1) is 10.6. The molecule has 6 nitrogen and oxygen atoms in total. The SMILES string of the molecule is O=C(OCC1CO1)c1cccc([N+](=O)[O-])c1. The normalized spacial score (nSPS) is 17.9. The molecule has 1 aromatic rings. The van der Waals surface area contributed by atoms with Crippen LogP contribution >= 0.6 is 0 Å². The number of hydrogen-bond acceptors (Lipinski definition) is 5. The lowest BCUT2D eigenvalue weighted by Gasteiger charge is -2.02. The summed E-state index contributed by atoms with van der Waals surface area (Å²) in [6, 6.07) is 5.43. The maximum absolute atomic E-state index is 11.5. The summed E-state index contributed by atoms with van der Waals surface area (Å²) in [4.78, 5) is 21.4. The number of non-ortho nitro benzene ring substituents is 1. The van der Waals surface area contributed by atoms with Crippen LogP contribution in [-0.4, -0.2) is 30.2 Å². The van der Waals surface area contributed by atoms with Gasteiger partial charge in [0.2, 0.25) is 0 Å². The summed E-state index contributed by atoms with van der Waals surface area (Å²) in [7, 11) is 0. The third-order valence-electron chi connectivity index (χ3n) is 2.10. The molecular weight excluding hydrogens is 214 g/mol. The molecule has 1 aromatic carbocycles. The molecule has 0 N–H and O–H groups in total. The number of nitrogens with zero attached hydrogens (tertiary/aromatic N) is 1. The highest BCUT2D eigenvalue weighted by atomic mass is 16.6. The van der Waals surface area contributed by atoms with Crippen molar-refractivity contribution in [3.63, 3.8) is 0 Å². The summed E-state index contributed by atoms with van der Waals surface area (Å²) in [6.07, 6.45) is -0.0114. The molecule has 84 valence electrons. The van der Waals surface area contributed by atoms with Gasteiger partial charge in [-0.1, -0.05) is 6.07 Å². The number of rotatable bonds is 4. The maximum Gasteiger partial charge on any atom is 0.338 e. The van der Waals surface area contributed by atoms with E-state index in [9.17, 15) is 14.9 Å². The quantitative estimate of drug-likeness (QED) is 0.331. The van der Waals surface area contributed by atoms with Crippen molar-refractivity contribution in [1.82, 2.24) is 0 Å². The molecule has 1 atom stereocenters. The van der Waals surface area contributed by atoms with Gasteiger partial charge in [-0.15, -0.1) is 0 Å². The third-order valence-corrected chi connectivity index (χ3v) is 2.10. The average Bonchev–Trinajstić information content (AvgIpc) is 3.10. The average molecular weight is 223 g/mol. The molecule has 6 heteroatoms. The van der Waals surface area contributed by atoms with E-state index in [4.69, 9.17) is 9.47 Å². The molecule has 16 heavy (non-hydrogen) atoms. The minimum absolute atomic E-state index is 0.0114. The van der Waals surface area contributed by atoms with Crippen molar-refractivity contribution in [2.24, 2.45) is 0 Å². The van der Waals surface area contributed by atoms with Crippen LogP contribution in [0.1, 0.15) is 10.4 Å². The van der Waals surface area contributed by atoms with Gasteiger partial charge in [0.05, 0.1) is 17.1 Å². The topological polar surface area (TPSA) is 82.0 Å². The molecule has 0 aliphatic carbocycles. The standard InChI is InChI=1S/C10H9NO5/c12-10(16-6-9-5-15-9)7-2-1-3-8(4-7)11(13)14/h1-4,9H,5-6H2. The van der Waals surface area contributed by atoms with Gasteiger partial charge in [0.15, 0.2) is 0 Å². The lowest BCUT2D eigenvalue weighted by Crippen LogP contribution is -2.10. The lowest BCUT2D eigenvalue weighted by atomic mass is 10.2. The Morgan fingerprint density at radius 1 is 1.62 bits per heavy atom. The van der Waals surface area contributed by atoms with Crippen LogP contribution in [0.3, 0.4) is 0 Å². The number of carbonyl (C=O) groups is 1. The number of benzene rings is 1. The number of ether oxygens (including phenoxy) is 2. The molecule has 1 aliphatic rings. The fourth-order valence-electron chi connectivity index (χ4n) is 1.16. The summed E-state index contributed by atoms with van der Waals surface area (Å²) in [5, 5.41) is 10.5.